The summed E-state index contributed by atoms with van der Waals surface area (Å²) in [5.41, 5.74) is 3.74. The quantitative estimate of drug-likeness (QED) is 0.849. The first-order chi connectivity index (χ1) is 8.24. The molecule has 0 saturated heterocycles. The van der Waals surface area contributed by atoms with Crippen LogP contribution in [0.2, 0.25) is 0 Å². The van der Waals surface area contributed by atoms with Crippen molar-refractivity contribution in [3.63, 3.8) is 0 Å². The van der Waals surface area contributed by atoms with E-state index in [0.29, 0.717) is 6.42 Å². The second-order valence-electron chi connectivity index (χ2n) is 4.43. The molecule has 0 radical (unpaired) electrons. The zero-order chi connectivity index (χ0) is 12.3. The van der Waals surface area contributed by atoms with Crippen molar-refractivity contribution in [2.75, 3.05) is 18.4 Å². The van der Waals surface area contributed by atoms with Gasteiger partial charge in [-0.05, 0) is 30.5 Å². The molecule has 3 heteroatoms. The van der Waals surface area contributed by atoms with Crippen LogP contribution in [-0.4, -0.2) is 23.9 Å². The first-order valence-electron chi connectivity index (χ1n) is 6.38. The Morgan fingerprint density at radius 3 is 2.88 bits per heavy atom. The molecule has 0 atom stereocenters. The highest BCUT2D eigenvalue weighted by Crippen LogP contribution is 2.22. The lowest BCUT2D eigenvalue weighted by atomic mass is 10.0. The number of nitrogens with zero attached hydrogens (tertiary/aromatic N) is 1. The molecule has 3 nitrogen and oxygen atoms in total. The average molecular weight is 232 g/mol. The lowest BCUT2D eigenvalue weighted by molar-refractivity contribution is -0.131. The number of carbonyl (C=O) groups excluding carboxylic acids is 1. The molecular formula is C14H20N2O. The smallest absolute Gasteiger partial charge is 0.224 e. The molecule has 0 aromatic heterocycles. The number of aryl methyl sites for hydroxylation is 1. The van der Waals surface area contributed by atoms with Gasteiger partial charge in [-0.1, -0.05) is 19.1 Å². The van der Waals surface area contributed by atoms with Crippen LogP contribution in [0.1, 0.15) is 31.4 Å². The van der Waals surface area contributed by atoms with Crippen molar-refractivity contribution >= 4 is 11.6 Å². The summed E-state index contributed by atoms with van der Waals surface area (Å²) in [7, 11) is 0. The summed E-state index contributed by atoms with van der Waals surface area (Å²) in [6.07, 6.45) is 1.62. The molecule has 92 valence electrons. The van der Waals surface area contributed by atoms with E-state index in [1.54, 1.807) is 0 Å². The van der Waals surface area contributed by atoms with E-state index >= 15 is 0 Å². The second-order valence-corrected chi connectivity index (χ2v) is 4.43. The van der Waals surface area contributed by atoms with E-state index in [-0.39, 0.29) is 5.91 Å². The van der Waals surface area contributed by atoms with Gasteiger partial charge in [-0.3, -0.25) is 4.79 Å². The van der Waals surface area contributed by atoms with Crippen LogP contribution < -0.4 is 5.32 Å². The minimum Gasteiger partial charge on any atom is -0.384 e. The number of hydrogen-bond acceptors (Lipinski definition) is 2. The number of rotatable bonds is 2. The monoisotopic (exact) mass is 232 g/mol. The number of hydrogen-bond donors (Lipinski definition) is 1. The topological polar surface area (TPSA) is 32.3 Å². The van der Waals surface area contributed by atoms with E-state index in [0.717, 1.165) is 26.1 Å². The van der Waals surface area contributed by atoms with E-state index in [1.807, 2.05) is 11.8 Å². The largest absolute Gasteiger partial charge is 0.384 e. The van der Waals surface area contributed by atoms with Crippen LogP contribution in [0.15, 0.2) is 18.2 Å². The molecule has 0 spiro atoms. The van der Waals surface area contributed by atoms with Crippen LogP contribution >= 0.6 is 0 Å². The number of benzene rings is 1. The Morgan fingerprint density at radius 1 is 1.35 bits per heavy atom. The summed E-state index contributed by atoms with van der Waals surface area (Å²) in [5, 5.41) is 3.34. The van der Waals surface area contributed by atoms with Gasteiger partial charge < -0.3 is 10.2 Å². The van der Waals surface area contributed by atoms with Crippen molar-refractivity contribution in [3.05, 3.63) is 29.3 Å². The molecule has 0 unspecified atom stereocenters. The standard InChI is InChI=1S/C14H20N2O/c1-3-11-5-6-13-12(9-11)10-16(4-2)14(17)7-8-15-13/h5-6,9,15H,3-4,7-8,10H2,1-2H3. The van der Waals surface area contributed by atoms with E-state index in [9.17, 15) is 4.79 Å². The van der Waals surface area contributed by atoms with Crippen molar-refractivity contribution in [3.8, 4) is 0 Å². The number of anilines is 1. The predicted molar refractivity (Wildman–Crippen MR) is 70.0 cm³/mol. The van der Waals surface area contributed by atoms with Crippen LogP contribution in [0.25, 0.3) is 0 Å². The van der Waals surface area contributed by atoms with E-state index in [1.165, 1.54) is 16.8 Å². The fourth-order valence-corrected chi connectivity index (χ4v) is 2.21. The van der Waals surface area contributed by atoms with Gasteiger partial charge in [0.1, 0.15) is 0 Å². The van der Waals surface area contributed by atoms with Gasteiger partial charge in [-0.25, -0.2) is 0 Å². The van der Waals surface area contributed by atoms with Gasteiger partial charge in [-0.15, -0.1) is 0 Å². The molecule has 17 heavy (non-hydrogen) atoms. The molecule has 1 aliphatic rings. The Bertz CT molecular complexity index is 415. The van der Waals surface area contributed by atoms with Crippen LogP contribution in [0.3, 0.4) is 0 Å². The Labute approximate surface area is 103 Å². The SMILES string of the molecule is CCc1ccc2c(c1)CN(CC)C(=O)CCN2. The maximum Gasteiger partial charge on any atom is 0.224 e. The van der Waals surface area contributed by atoms with Crippen LogP contribution in [0.4, 0.5) is 5.69 Å². The Balaban J connectivity index is 2.32. The molecule has 0 saturated carbocycles. The number of amides is 1. The van der Waals surface area contributed by atoms with E-state index in [4.69, 9.17) is 0 Å². The Morgan fingerprint density at radius 2 is 2.18 bits per heavy atom. The third kappa shape index (κ3) is 2.60. The van der Waals surface area contributed by atoms with Crippen molar-refractivity contribution < 1.29 is 4.79 Å². The van der Waals surface area contributed by atoms with Gasteiger partial charge >= 0.3 is 0 Å². The van der Waals surface area contributed by atoms with Crippen molar-refractivity contribution in [2.45, 2.75) is 33.2 Å². The van der Waals surface area contributed by atoms with Gasteiger partial charge in [-0.2, -0.15) is 0 Å². The molecule has 1 heterocycles. The van der Waals surface area contributed by atoms with Gasteiger partial charge in [0.25, 0.3) is 0 Å². The number of nitrogens with one attached hydrogen (secondary N) is 1. The molecular weight excluding hydrogens is 212 g/mol. The highest BCUT2D eigenvalue weighted by Gasteiger charge is 2.17. The molecule has 1 aromatic rings. The summed E-state index contributed by atoms with van der Waals surface area (Å²) < 4.78 is 0. The molecule has 1 amide bonds. The lowest BCUT2D eigenvalue weighted by Crippen LogP contribution is -2.33. The molecule has 0 aliphatic carbocycles. The van der Waals surface area contributed by atoms with Crippen molar-refractivity contribution in [1.82, 2.24) is 4.90 Å². The highest BCUT2D eigenvalue weighted by atomic mass is 16.2. The first kappa shape index (κ1) is 12.0. The second kappa shape index (κ2) is 5.21. The molecule has 0 bridgehead atoms. The fourth-order valence-electron chi connectivity index (χ4n) is 2.21. The van der Waals surface area contributed by atoms with Crippen molar-refractivity contribution in [2.24, 2.45) is 0 Å². The zero-order valence-electron chi connectivity index (χ0n) is 10.6. The highest BCUT2D eigenvalue weighted by molar-refractivity contribution is 5.77. The van der Waals surface area contributed by atoms with Crippen LogP contribution in [0, 0.1) is 0 Å². The Kier molecular flexibility index (Phi) is 3.67. The van der Waals surface area contributed by atoms with Crippen molar-refractivity contribution in [1.29, 1.82) is 0 Å². The van der Waals surface area contributed by atoms with Gasteiger partial charge in [0, 0.05) is 31.7 Å². The lowest BCUT2D eigenvalue weighted by Gasteiger charge is -2.26. The van der Waals surface area contributed by atoms with Gasteiger partial charge in [0.15, 0.2) is 0 Å². The van der Waals surface area contributed by atoms with Gasteiger partial charge in [0.05, 0.1) is 0 Å². The molecule has 1 aromatic carbocycles. The average Bonchev–Trinajstić information content (AvgIpc) is 2.34. The molecule has 2 rings (SSSR count). The molecule has 1 N–H and O–H groups in total. The Hall–Kier alpha value is -1.51. The van der Waals surface area contributed by atoms with Crippen LogP contribution in [-0.2, 0) is 17.8 Å². The fraction of sp³-hybridized carbons (Fsp3) is 0.500. The first-order valence-corrected chi connectivity index (χ1v) is 6.38. The summed E-state index contributed by atoms with van der Waals surface area (Å²) in [6.45, 7) is 6.44. The summed E-state index contributed by atoms with van der Waals surface area (Å²) in [5.74, 6) is 0.243. The van der Waals surface area contributed by atoms with E-state index in [2.05, 4.69) is 30.4 Å². The zero-order valence-corrected chi connectivity index (χ0v) is 10.6. The normalized spacial score (nSPS) is 15.9. The minimum atomic E-state index is 0.243. The number of fused-ring (bicyclic) bond motifs is 1. The van der Waals surface area contributed by atoms with Gasteiger partial charge in [0.2, 0.25) is 5.91 Å². The summed E-state index contributed by atoms with van der Waals surface area (Å²) in [6, 6.07) is 6.51. The van der Waals surface area contributed by atoms with E-state index < -0.39 is 0 Å². The van der Waals surface area contributed by atoms with Crippen LogP contribution in [0.5, 0.6) is 0 Å². The molecule has 1 aliphatic heterocycles. The predicted octanol–water partition coefficient (Wildman–Crippen LogP) is 2.41. The third-order valence-electron chi connectivity index (χ3n) is 3.33. The molecule has 0 fully saturated rings. The number of carbonyl (C=O) groups is 1. The summed E-state index contributed by atoms with van der Waals surface area (Å²) in [4.78, 5) is 13.8. The third-order valence-corrected chi connectivity index (χ3v) is 3.33. The maximum atomic E-state index is 11.8. The minimum absolute atomic E-state index is 0.243. The summed E-state index contributed by atoms with van der Waals surface area (Å²) >= 11 is 0. The maximum absolute atomic E-state index is 11.8.